The van der Waals surface area contributed by atoms with Crippen LogP contribution in [0.4, 0.5) is 0 Å². The molecule has 2 rings (SSSR count). The van der Waals surface area contributed by atoms with Crippen molar-refractivity contribution in [1.82, 2.24) is 0 Å². The monoisotopic (exact) mass is 384 g/mol. The first-order valence-electron chi connectivity index (χ1n) is 8.83. The number of aryl methyl sites for hydroxylation is 1. The van der Waals surface area contributed by atoms with Gasteiger partial charge in [0.25, 0.3) is 0 Å². The summed E-state index contributed by atoms with van der Waals surface area (Å²) in [5.74, 6) is 0.681. The Morgan fingerprint density at radius 3 is 2.12 bits per heavy atom. The summed E-state index contributed by atoms with van der Waals surface area (Å²) in [6, 6.07) is 13.5. The average molecular weight is 384 g/mol. The molecule has 2 aromatic carbocycles. The van der Waals surface area contributed by atoms with Gasteiger partial charge in [-0.1, -0.05) is 69.4 Å². The second-order valence-corrected chi connectivity index (χ2v) is 7.48. The van der Waals surface area contributed by atoms with Crippen molar-refractivity contribution in [3.05, 3.63) is 54.1 Å². The second kappa shape index (κ2) is 11.8. The van der Waals surface area contributed by atoms with E-state index in [1.54, 1.807) is 12.1 Å². The average Bonchev–Trinajstić information content (AvgIpc) is 2.59. The smallest absolute Gasteiger partial charge is 0.744 e. The molecule has 0 radical (unpaired) electrons. The van der Waals surface area contributed by atoms with E-state index in [9.17, 15) is 13.0 Å². The quantitative estimate of drug-likeness (QED) is 0.358. The zero-order chi connectivity index (χ0) is 18.1. The minimum absolute atomic E-state index is 0. The number of unbranched alkanes of at least 4 members (excludes halogenated alkanes) is 5. The molecule has 2 aromatic rings. The predicted octanol–water partition coefficient (Wildman–Crippen LogP) is 2.29. The van der Waals surface area contributed by atoms with Gasteiger partial charge in [0.2, 0.25) is 0 Å². The van der Waals surface area contributed by atoms with Crippen molar-refractivity contribution in [2.75, 3.05) is 0 Å². The van der Waals surface area contributed by atoms with Gasteiger partial charge in [0, 0.05) is 0 Å². The van der Waals surface area contributed by atoms with E-state index in [0.717, 1.165) is 18.4 Å². The van der Waals surface area contributed by atoms with Crippen molar-refractivity contribution >= 4 is 10.1 Å². The third-order valence-electron chi connectivity index (χ3n) is 4.11. The van der Waals surface area contributed by atoms with Crippen LogP contribution in [0.15, 0.2) is 53.4 Å². The van der Waals surface area contributed by atoms with Crippen molar-refractivity contribution in [3.63, 3.8) is 0 Å². The molecule has 26 heavy (non-hydrogen) atoms. The molecular weight excluding hydrogens is 359 g/mol. The third-order valence-corrected chi connectivity index (χ3v) is 4.99. The van der Waals surface area contributed by atoms with Gasteiger partial charge in [-0.15, -0.1) is 0 Å². The van der Waals surface area contributed by atoms with Crippen LogP contribution < -0.4 is 34.3 Å². The fourth-order valence-electron chi connectivity index (χ4n) is 2.77. The van der Waals surface area contributed by atoms with E-state index in [2.05, 4.69) is 6.92 Å². The standard InChI is InChI=1S/C20H26O4S.Na/c1-2-3-4-5-6-7-12-17-13-8-9-14-18(17)24-19-15-10-11-16-20(19)25(21,22)23;/h8-11,13-16H,2-7,12H2,1H3,(H,21,22,23);/q;+1/p-1. The molecule has 0 atom stereocenters. The fraction of sp³-hybridized carbons (Fsp3) is 0.400. The Morgan fingerprint density at radius 1 is 0.846 bits per heavy atom. The van der Waals surface area contributed by atoms with E-state index in [-0.39, 0.29) is 40.2 Å². The van der Waals surface area contributed by atoms with Gasteiger partial charge in [0.05, 0.1) is 4.90 Å². The Balaban J connectivity index is 0.00000338. The molecule has 0 aliphatic heterocycles. The Labute approximate surface area is 179 Å². The Hall–Kier alpha value is -0.850. The van der Waals surface area contributed by atoms with Gasteiger partial charge in [0.15, 0.2) is 0 Å². The van der Waals surface area contributed by atoms with Gasteiger partial charge in [-0.2, -0.15) is 0 Å². The molecule has 0 saturated carbocycles. The molecule has 4 nitrogen and oxygen atoms in total. The normalized spacial score (nSPS) is 11.0. The van der Waals surface area contributed by atoms with E-state index in [1.807, 2.05) is 18.2 Å². The Bertz CT molecular complexity index is 775. The summed E-state index contributed by atoms with van der Waals surface area (Å²) >= 11 is 0. The van der Waals surface area contributed by atoms with Crippen LogP contribution in [0.5, 0.6) is 11.5 Å². The molecule has 0 amide bonds. The summed E-state index contributed by atoms with van der Waals surface area (Å²) in [5.41, 5.74) is 1.02. The zero-order valence-corrected chi connectivity index (χ0v) is 18.4. The number of hydrogen-bond acceptors (Lipinski definition) is 4. The maximum atomic E-state index is 11.4. The minimum atomic E-state index is -4.57. The first-order chi connectivity index (χ1) is 12.0. The van der Waals surface area contributed by atoms with Crippen LogP contribution in [0, 0.1) is 0 Å². The summed E-state index contributed by atoms with van der Waals surface area (Å²) in [6.45, 7) is 2.20. The predicted molar refractivity (Wildman–Crippen MR) is 98.0 cm³/mol. The topological polar surface area (TPSA) is 66.4 Å². The van der Waals surface area contributed by atoms with Crippen molar-refractivity contribution in [2.24, 2.45) is 0 Å². The van der Waals surface area contributed by atoms with Crippen molar-refractivity contribution in [2.45, 2.75) is 56.8 Å². The molecule has 0 bridgehead atoms. The van der Waals surface area contributed by atoms with Gasteiger partial charge >= 0.3 is 29.6 Å². The first-order valence-corrected chi connectivity index (χ1v) is 10.2. The number of ether oxygens (including phenoxy) is 1. The van der Waals surface area contributed by atoms with E-state index >= 15 is 0 Å². The maximum Gasteiger partial charge on any atom is 1.00 e. The van der Waals surface area contributed by atoms with Gasteiger partial charge in [-0.3, -0.25) is 0 Å². The van der Waals surface area contributed by atoms with E-state index in [4.69, 9.17) is 4.74 Å². The maximum absolute atomic E-state index is 11.4. The first kappa shape index (κ1) is 23.2. The fourth-order valence-corrected chi connectivity index (χ4v) is 3.37. The molecule has 136 valence electrons. The Morgan fingerprint density at radius 2 is 1.42 bits per heavy atom. The van der Waals surface area contributed by atoms with Crippen LogP contribution in [-0.4, -0.2) is 13.0 Å². The third kappa shape index (κ3) is 7.41. The molecule has 0 aliphatic carbocycles. The van der Waals surface area contributed by atoms with Gasteiger partial charge < -0.3 is 9.29 Å². The molecule has 0 saturated heterocycles. The van der Waals surface area contributed by atoms with Crippen molar-refractivity contribution in [1.29, 1.82) is 0 Å². The van der Waals surface area contributed by atoms with Crippen LogP contribution in [0.2, 0.25) is 0 Å². The molecule has 0 fully saturated rings. The van der Waals surface area contributed by atoms with Crippen LogP contribution in [0.3, 0.4) is 0 Å². The van der Waals surface area contributed by atoms with E-state index < -0.39 is 10.1 Å². The second-order valence-electron chi connectivity index (χ2n) is 6.13. The molecule has 0 aliphatic rings. The zero-order valence-electron chi connectivity index (χ0n) is 15.6. The van der Waals surface area contributed by atoms with Gasteiger partial charge in [-0.25, -0.2) is 8.42 Å². The Kier molecular flexibility index (Phi) is 10.5. The van der Waals surface area contributed by atoms with Crippen molar-refractivity contribution < 1.29 is 47.3 Å². The SMILES string of the molecule is CCCCCCCCc1ccccc1Oc1ccccc1S(=O)(=O)[O-].[Na+]. The molecule has 0 N–H and O–H groups in total. The number of hydrogen-bond donors (Lipinski definition) is 0. The minimum Gasteiger partial charge on any atom is -0.744 e. The van der Waals surface area contributed by atoms with Crippen LogP contribution >= 0.6 is 0 Å². The molecule has 0 unspecified atom stereocenters. The summed E-state index contributed by atoms with van der Waals surface area (Å²) in [5, 5.41) is 0. The molecule has 0 heterocycles. The van der Waals surface area contributed by atoms with Gasteiger partial charge in [0.1, 0.15) is 21.6 Å². The summed E-state index contributed by atoms with van der Waals surface area (Å²) < 4.78 is 40.0. The number of benzene rings is 2. The van der Waals surface area contributed by atoms with Crippen LogP contribution in [0.25, 0.3) is 0 Å². The molecular formula is C20H25NaO4S. The van der Waals surface area contributed by atoms with Crippen LogP contribution in [0.1, 0.15) is 51.0 Å². The molecule has 0 aromatic heterocycles. The largest absolute Gasteiger partial charge is 1.00 e. The molecule has 6 heteroatoms. The van der Waals surface area contributed by atoms with Gasteiger partial charge in [-0.05, 0) is 36.6 Å². The van der Waals surface area contributed by atoms with E-state index in [0.29, 0.717) is 5.75 Å². The van der Waals surface area contributed by atoms with E-state index in [1.165, 1.54) is 50.3 Å². The summed E-state index contributed by atoms with van der Waals surface area (Å²) in [6.07, 6.45) is 8.11. The summed E-state index contributed by atoms with van der Waals surface area (Å²) in [4.78, 5) is -0.329. The van der Waals surface area contributed by atoms with Crippen LogP contribution in [-0.2, 0) is 16.5 Å². The van der Waals surface area contributed by atoms with Crippen molar-refractivity contribution in [3.8, 4) is 11.5 Å². The number of para-hydroxylation sites is 2. The molecule has 0 spiro atoms. The number of rotatable bonds is 10. The summed E-state index contributed by atoms with van der Waals surface area (Å²) in [7, 11) is -4.57.